The van der Waals surface area contributed by atoms with Crippen LogP contribution in [0.3, 0.4) is 0 Å². The molecule has 4 N–H and O–H groups in total. The number of carboxylic acid groups (broad SMARTS) is 1. The number of aliphatic hydroxyl groups excluding tert-OH is 3. The van der Waals surface area contributed by atoms with Crippen molar-refractivity contribution >= 4 is 35.1 Å². The Hall–Kier alpha value is -3.05. The SMILES string of the molecule is O=C(O)CO[C@@H]1[C@@H](n2cc(-c3cc(F)c(F)c(F)c3)nn2)[C@@H](O)[C@@H](CO)O[C@H]1C(=O)N(C1=CC(Cl)CC(Cl)=C1)[C@H]1CCCC[C@@H]1O. The van der Waals surface area contributed by atoms with Gasteiger partial charge in [0.25, 0.3) is 5.91 Å². The molecule has 2 aromatic rings. The van der Waals surface area contributed by atoms with Gasteiger partial charge < -0.3 is 34.8 Å². The minimum absolute atomic E-state index is 0.163. The van der Waals surface area contributed by atoms with Crippen LogP contribution >= 0.6 is 23.2 Å². The Bertz CT molecular complexity index is 1500. The van der Waals surface area contributed by atoms with Crippen molar-refractivity contribution in [3.63, 3.8) is 0 Å². The predicted octanol–water partition coefficient (Wildman–Crippen LogP) is 2.64. The number of benzene rings is 1. The highest BCUT2D eigenvalue weighted by atomic mass is 35.5. The van der Waals surface area contributed by atoms with Crippen molar-refractivity contribution in [2.24, 2.45) is 0 Å². The van der Waals surface area contributed by atoms with Crippen LogP contribution in [0.4, 0.5) is 13.2 Å². The average molecular weight is 691 g/mol. The number of ether oxygens (including phenoxy) is 2. The number of allylic oxidation sites excluding steroid dienone is 3. The second-order valence-corrected chi connectivity index (χ2v) is 12.3. The molecule has 2 fully saturated rings. The van der Waals surface area contributed by atoms with Crippen LogP contribution in [0.2, 0.25) is 0 Å². The maximum Gasteiger partial charge on any atom is 0.329 e. The van der Waals surface area contributed by atoms with Crippen molar-refractivity contribution in [2.45, 2.75) is 80.1 Å². The number of halogens is 5. The Kier molecular flexibility index (Phi) is 10.7. The van der Waals surface area contributed by atoms with E-state index >= 15 is 0 Å². The smallest absolute Gasteiger partial charge is 0.329 e. The normalized spacial score (nSPS) is 30.0. The Morgan fingerprint density at radius 2 is 1.85 bits per heavy atom. The maximum atomic E-state index is 14.6. The molecule has 0 bridgehead atoms. The highest BCUT2D eigenvalue weighted by Gasteiger charge is 2.52. The van der Waals surface area contributed by atoms with E-state index in [0.717, 1.165) is 17.3 Å². The van der Waals surface area contributed by atoms with E-state index in [-0.39, 0.29) is 17.0 Å². The molecule has 1 saturated heterocycles. The van der Waals surface area contributed by atoms with E-state index in [9.17, 15) is 43.2 Å². The molecule has 1 saturated carbocycles. The van der Waals surface area contributed by atoms with E-state index in [2.05, 4.69) is 10.3 Å². The summed E-state index contributed by atoms with van der Waals surface area (Å²) in [4.78, 5) is 27.5. The van der Waals surface area contributed by atoms with Crippen molar-refractivity contribution in [3.8, 4) is 11.3 Å². The standard InChI is InChI=1S/C29H31Cl2F3N4O8/c30-14-7-15(31)9-16(8-14)38(20-3-1-2-4-21(20)40)29(44)28-27(45-12-23(41)42)25(26(43)22(11-39)46-28)37-10-19(35-36-37)13-5-17(32)24(34)18(33)6-13/h5-6,8-10,14,20-22,25-28,39-40,43H,1-4,7,11-12H2,(H,41,42)/t14?,20-,21-,22+,25-,26-,27+,28+/m0/s1. The quantitative estimate of drug-likeness (QED) is 0.227. The van der Waals surface area contributed by atoms with Gasteiger partial charge in [0.05, 0.1) is 30.3 Å². The Morgan fingerprint density at radius 3 is 2.48 bits per heavy atom. The van der Waals surface area contributed by atoms with Crippen molar-refractivity contribution in [1.29, 1.82) is 0 Å². The first-order valence-corrected chi connectivity index (χ1v) is 15.3. The van der Waals surface area contributed by atoms with Gasteiger partial charge in [-0.15, -0.1) is 16.7 Å². The number of hydrogen-bond donors (Lipinski definition) is 4. The van der Waals surface area contributed by atoms with Crippen LogP contribution in [0, 0.1) is 17.5 Å². The molecule has 0 spiro atoms. The summed E-state index contributed by atoms with van der Waals surface area (Å²) in [7, 11) is 0. The van der Waals surface area contributed by atoms with Crippen molar-refractivity contribution in [2.75, 3.05) is 13.2 Å². The molecule has 1 aliphatic heterocycles. The van der Waals surface area contributed by atoms with Gasteiger partial charge in [0, 0.05) is 22.7 Å². The van der Waals surface area contributed by atoms with Gasteiger partial charge in [-0.25, -0.2) is 22.6 Å². The minimum atomic E-state index is -1.70. The summed E-state index contributed by atoms with van der Waals surface area (Å²) >= 11 is 12.7. The molecule has 1 aromatic heterocycles. The summed E-state index contributed by atoms with van der Waals surface area (Å²) in [5.74, 6) is -6.89. The number of carbonyl (C=O) groups excluding carboxylic acids is 1. The van der Waals surface area contributed by atoms with Crippen LogP contribution < -0.4 is 0 Å². The average Bonchev–Trinajstić information content (AvgIpc) is 3.49. The number of carbonyl (C=O) groups is 2. The van der Waals surface area contributed by atoms with Gasteiger partial charge in [-0.05, 0) is 37.1 Å². The molecule has 250 valence electrons. The molecule has 8 atom stereocenters. The molecular weight excluding hydrogens is 660 g/mol. The topological polar surface area (TPSA) is 167 Å². The number of carboxylic acids is 1. The molecule has 1 aromatic carbocycles. The van der Waals surface area contributed by atoms with Crippen molar-refractivity contribution in [1.82, 2.24) is 19.9 Å². The van der Waals surface area contributed by atoms with Gasteiger partial charge in [-0.1, -0.05) is 29.7 Å². The summed E-state index contributed by atoms with van der Waals surface area (Å²) in [5.41, 5.74) is -0.108. The summed E-state index contributed by atoms with van der Waals surface area (Å²) in [6, 6.07) is -0.850. The fraction of sp³-hybridized carbons (Fsp3) is 0.517. The van der Waals surface area contributed by atoms with Crippen molar-refractivity contribution < 1.29 is 52.7 Å². The highest BCUT2D eigenvalue weighted by molar-refractivity contribution is 6.31. The second kappa shape index (κ2) is 14.4. The molecular formula is C29H31Cl2F3N4O8. The van der Waals surface area contributed by atoms with Gasteiger partial charge in [-0.2, -0.15) is 0 Å². The van der Waals surface area contributed by atoms with Crippen LogP contribution in [0.25, 0.3) is 11.3 Å². The largest absolute Gasteiger partial charge is 0.480 e. The molecule has 1 amide bonds. The van der Waals surface area contributed by atoms with E-state index in [1.165, 1.54) is 11.0 Å². The third-order valence-corrected chi connectivity index (χ3v) is 8.74. The van der Waals surface area contributed by atoms with Gasteiger partial charge in [0.15, 0.2) is 23.6 Å². The summed E-state index contributed by atoms with van der Waals surface area (Å²) in [5, 5.41) is 49.4. The number of rotatable bonds is 9. The first-order chi connectivity index (χ1) is 21.9. The molecule has 1 unspecified atom stereocenters. The number of aliphatic hydroxyl groups is 3. The lowest BCUT2D eigenvalue weighted by Gasteiger charge is -2.46. The Labute approximate surface area is 270 Å². The molecule has 5 rings (SSSR count). The monoisotopic (exact) mass is 690 g/mol. The summed E-state index contributed by atoms with van der Waals surface area (Å²) in [6.45, 7) is -1.75. The van der Waals surface area contributed by atoms with Crippen molar-refractivity contribution in [3.05, 3.63) is 58.7 Å². The molecule has 46 heavy (non-hydrogen) atoms. The van der Waals surface area contributed by atoms with Crippen LogP contribution in [-0.2, 0) is 19.1 Å². The lowest BCUT2D eigenvalue weighted by atomic mass is 9.88. The minimum Gasteiger partial charge on any atom is -0.480 e. The fourth-order valence-corrected chi connectivity index (χ4v) is 6.72. The second-order valence-electron chi connectivity index (χ2n) is 11.3. The molecule has 12 nitrogen and oxygen atoms in total. The van der Waals surface area contributed by atoms with Gasteiger partial charge in [-0.3, -0.25) is 4.79 Å². The fourth-order valence-electron chi connectivity index (χ4n) is 6.07. The van der Waals surface area contributed by atoms with Gasteiger partial charge >= 0.3 is 5.97 Å². The van der Waals surface area contributed by atoms with Crippen LogP contribution in [0.5, 0.6) is 0 Å². The highest BCUT2D eigenvalue weighted by Crippen LogP contribution is 2.38. The lowest BCUT2D eigenvalue weighted by Crippen LogP contribution is -2.63. The maximum absolute atomic E-state index is 14.6. The zero-order chi connectivity index (χ0) is 33.3. The van der Waals surface area contributed by atoms with E-state index in [4.69, 9.17) is 32.7 Å². The van der Waals surface area contributed by atoms with Crippen LogP contribution in [0.15, 0.2) is 41.2 Å². The number of aliphatic carboxylic acids is 1. The summed E-state index contributed by atoms with van der Waals surface area (Å²) < 4.78 is 54.0. The predicted molar refractivity (Wildman–Crippen MR) is 155 cm³/mol. The number of nitrogens with zero attached hydrogens (tertiary/aromatic N) is 4. The molecule has 2 aliphatic carbocycles. The number of amides is 1. The molecule has 17 heteroatoms. The Morgan fingerprint density at radius 1 is 1.15 bits per heavy atom. The third-order valence-electron chi connectivity index (χ3n) is 8.19. The van der Waals surface area contributed by atoms with E-state index in [1.54, 1.807) is 6.08 Å². The zero-order valence-corrected chi connectivity index (χ0v) is 25.6. The van der Waals surface area contributed by atoms with E-state index < -0.39 is 90.5 Å². The zero-order valence-electron chi connectivity index (χ0n) is 24.1. The third kappa shape index (κ3) is 7.10. The molecule has 2 heterocycles. The molecule has 3 aliphatic rings. The first kappa shape index (κ1) is 34.3. The number of alkyl halides is 1. The van der Waals surface area contributed by atoms with Gasteiger partial charge in [0.1, 0.15) is 36.7 Å². The molecule has 0 radical (unpaired) electrons. The number of aromatic nitrogens is 3. The van der Waals surface area contributed by atoms with E-state index in [1.807, 2.05) is 0 Å². The Balaban J connectivity index is 1.58. The first-order valence-electron chi connectivity index (χ1n) is 14.5. The van der Waals surface area contributed by atoms with Crippen LogP contribution in [0.1, 0.15) is 38.1 Å². The summed E-state index contributed by atoms with van der Waals surface area (Å²) in [6.07, 6.45) is -0.645. The van der Waals surface area contributed by atoms with Crippen LogP contribution in [-0.4, -0.2) is 107 Å². The lowest BCUT2D eigenvalue weighted by molar-refractivity contribution is -0.224. The van der Waals surface area contributed by atoms with Gasteiger partial charge in [0.2, 0.25) is 0 Å². The van der Waals surface area contributed by atoms with E-state index in [0.29, 0.717) is 42.8 Å². The number of hydrogen-bond acceptors (Lipinski definition) is 9.